The van der Waals surface area contributed by atoms with Gasteiger partial charge in [0.1, 0.15) is 0 Å². The number of ether oxygens (including phenoxy) is 1. The van der Waals surface area contributed by atoms with Gasteiger partial charge >= 0.3 is 5.97 Å². The van der Waals surface area contributed by atoms with E-state index in [1.165, 1.54) is 12.1 Å². The summed E-state index contributed by atoms with van der Waals surface area (Å²) in [5, 5.41) is 10.8. The summed E-state index contributed by atoms with van der Waals surface area (Å²) in [6.07, 6.45) is 0. The summed E-state index contributed by atoms with van der Waals surface area (Å²) in [6, 6.07) is 4.38. The summed E-state index contributed by atoms with van der Waals surface area (Å²) in [6.45, 7) is 5.31. The Kier molecular flexibility index (Phi) is 4.02. The number of carbonyl (C=O) groups excluding carboxylic acids is 1. The van der Waals surface area contributed by atoms with Gasteiger partial charge in [-0.25, -0.2) is 9.78 Å². The molecule has 0 aliphatic carbocycles. The Morgan fingerprint density at radius 2 is 2.14 bits per heavy atom. The summed E-state index contributed by atoms with van der Waals surface area (Å²) in [7, 11) is 0. The number of oxazole rings is 1. The van der Waals surface area contributed by atoms with Crippen LogP contribution in [0.15, 0.2) is 22.6 Å². The van der Waals surface area contributed by atoms with E-state index >= 15 is 0 Å². The topological polar surface area (TPSA) is 95.5 Å². The highest BCUT2D eigenvalue weighted by Gasteiger charge is 2.21. The Bertz CT molecular complexity index is 705. The van der Waals surface area contributed by atoms with Crippen LogP contribution in [0.1, 0.15) is 28.7 Å². The summed E-state index contributed by atoms with van der Waals surface area (Å²) < 4.78 is 10.3. The first-order valence-electron chi connectivity index (χ1n) is 6.34. The Morgan fingerprint density at radius 3 is 2.76 bits per heavy atom. The molecule has 0 unspecified atom stereocenters. The van der Waals surface area contributed by atoms with Crippen LogP contribution in [0.4, 0.5) is 5.69 Å². The van der Waals surface area contributed by atoms with Crippen LogP contribution in [0, 0.1) is 24.0 Å². The van der Waals surface area contributed by atoms with E-state index in [1.807, 2.05) is 0 Å². The fourth-order valence-electron chi connectivity index (χ4n) is 1.85. The number of hydrogen-bond donors (Lipinski definition) is 0. The van der Waals surface area contributed by atoms with Crippen LogP contribution in [-0.2, 0) is 4.74 Å². The Balaban J connectivity index is 2.48. The van der Waals surface area contributed by atoms with Crippen molar-refractivity contribution in [2.75, 3.05) is 6.61 Å². The van der Waals surface area contributed by atoms with Crippen LogP contribution in [-0.4, -0.2) is 22.5 Å². The maximum atomic E-state index is 11.7. The van der Waals surface area contributed by atoms with Crippen molar-refractivity contribution >= 4 is 11.7 Å². The van der Waals surface area contributed by atoms with Gasteiger partial charge in [-0.2, -0.15) is 0 Å². The number of aryl methyl sites for hydroxylation is 2. The molecule has 0 N–H and O–H groups in total. The number of benzene rings is 1. The molecule has 0 amide bonds. The Hall–Kier alpha value is -2.70. The van der Waals surface area contributed by atoms with E-state index in [1.54, 1.807) is 26.8 Å². The molecular formula is C14H14N2O5. The molecule has 0 radical (unpaired) electrons. The first-order chi connectivity index (χ1) is 9.93. The van der Waals surface area contributed by atoms with Gasteiger partial charge in [-0.1, -0.05) is 6.07 Å². The monoisotopic (exact) mass is 290 g/mol. The minimum absolute atomic E-state index is 0.0118. The Labute approximate surface area is 120 Å². The molecule has 0 atom stereocenters. The lowest BCUT2D eigenvalue weighted by Gasteiger charge is -2.01. The average Bonchev–Trinajstić information content (AvgIpc) is 2.81. The lowest BCUT2D eigenvalue weighted by Crippen LogP contribution is -2.04. The summed E-state index contributed by atoms with van der Waals surface area (Å²) in [5.41, 5.74) is 1.55. The predicted molar refractivity (Wildman–Crippen MR) is 74.0 cm³/mol. The maximum Gasteiger partial charge on any atom is 0.376 e. The first kappa shape index (κ1) is 14.7. The van der Waals surface area contributed by atoms with Crippen LogP contribution in [0.25, 0.3) is 11.5 Å². The number of nitrogens with zero attached hydrogens (tertiary/aromatic N) is 2. The smallest absolute Gasteiger partial charge is 0.376 e. The fourth-order valence-corrected chi connectivity index (χ4v) is 1.85. The molecular weight excluding hydrogens is 276 g/mol. The van der Waals surface area contributed by atoms with E-state index in [0.717, 1.165) is 5.56 Å². The highest BCUT2D eigenvalue weighted by Crippen LogP contribution is 2.28. The molecule has 0 spiro atoms. The lowest BCUT2D eigenvalue weighted by atomic mass is 10.1. The second kappa shape index (κ2) is 5.74. The number of non-ortho nitro benzene ring substituents is 1. The molecule has 1 aromatic heterocycles. The highest BCUT2D eigenvalue weighted by atomic mass is 16.6. The summed E-state index contributed by atoms with van der Waals surface area (Å²) in [5.74, 6) is -0.425. The van der Waals surface area contributed by atoms with Gasteiger partial charge in [0.15, 0.2) is 0 Å². The molecule has 1 heterocycles. The van der Waals surface area contributed by atoms with E-state index < -0.39 is 10.9 Å². The van der Waals surface area contributed by atoms with E-state index in [2.05, 4.69) is 4.98 Å². The number of nitro benzene ring substituents is 1. The molecule has 7 nitrogen and oxygen atoms in total. The third-order valence-corrected chi connectivity index (χ3v) is 2.92. The normalized spacial score (nSPS) is 10.4. The van der Waals surface area contributed by atoms with Crippen LogP contribution in [0.2, 0.25) is 0 Å². The molecule has 0 bridgehead atoms. The predicted octanol–water partition coefficient (Wildman–Crippen LogP) is 3.04. The average molecular weight is 290 g/mol. The first-order valence-corrected chi connectivity index (χ1v) is 6.34. The van der Waals surface area contributed by atoms with Crippen LogP contribution in [0.5, 0.6) is 0 Å². The number of aromatic nitrogens is 1. The SMILES string of the molecule is CCOC(=O)c1oc(-c2cc([N+](=O)[O-])ccc2C)nc1C. The van der Waals surface area contributed by atoms with E-state index in [4.69, 9.17) is 9.15 Å². The summed E-state index contributed by atoms with van der Waals surface area (Å²) in [4.78, 5) is 26.2. The molecule has 2 aromatic rings. The van der Waals surface area contributed by atoms with Gasteiger partial charge < -0.3 is 9.15 Å². The van der Waals surface area contributed by atoms with Crippen molar-refractivity contribution in [3.05, 3.63) is 45.3 Å². The largest absolute Gasteiger partial charge is 0.460 e. The quantitative estimate of drug-likeness (QED) is 0.488. The van der Waals surface area contributed by atoms with Crippen molar-refractivity contribution < 1.29 is 18.9 Å². The zero-order valence-corrected chi connectivity index (χ0v) is 11.9. The summed E-state index contributed by atoms with van der Waals surface area (Å²) >= 11 is 0. The molecule has 0 aliphatic rings. The van der Waals surface area contributed by atoms with Crippen molar-refractivity contribution in [3.8, 4) is 11.5 Å². The Morgan fingerprint density at radius 1 is 1.43 bits per heavy atom. The fraction of sp³-hybridized carbons (Fsp3) is 0.286. The van der Waals surface area contributed by atoms with Crippen molar-refractivity contribution in [1.82, 2.24) is 4.98 Å². The molecule has 0 fully saturated rings. The van der Waals surface area contributed by atoms with Gasteiger partial charge in [-0.15, -0.1) is 0 Å². The van der Waals surface area contributed by atoms with Gasteiger partial charge in [0.2, 0.25) is 11.7 Å². The number of carbonyl (C=O) groups is 1. The molecule has 0 saturated carbocycles. The van der Waals surface area contributed by atoms with E-state index in [-0.39, 0.29) is 23.9 Å². The van der Waals surface area contributed by atoms with Crippen molar-refractivity contribution in [2.45, 2.75) is 20.8 Å². The van der Waals surface area contributed by atoms with Crippen LogP contribution >= 0.6 is 0 Å². The maximum absolute atomic E-state index is 11.7. The molecule has 0 saturated heterocycles. The molecule has 110 valence electrons. The van der Waals surface area contributed by atoms with Crippen molar-refractivity contribution in [2.24, 2.45) is 0 Å². The zero-order valence-electron chi connectivity index (χ0n) is 11.9. The number of hydrogen-bond acceptors (Lipinski definition) is 6. The van der Waals surface area contributed by atoms with Gasteiger partial charge in [-0.3, -0.25) is 10.1 Å². The van der Waals surface area contributed by atoms with Gasteiger partial charge in [0, 0.05) is 17.7 Å². The minimum atomic E-state index is -0.600. The number of rotatable bonds is 4. The minimum Gasteiger partial charge on any atom is -0.460 e. The second-order valence-electron chi connectivity index (χ2n) is 4.41. The molecule has 2 rings (SSSR count). The second-order valence-corrected chi connectivity index (χ2v) is 4.41. The van der Waals surface area contributed by atoms with Gasteiger partial charge in [-0.05, 0) is 26.3 Å². The zero-order chi connectivity index (χ0) is 15.6. The van der Waals surface area contributed by atoms with Crippen LogP contribution in [0.3, 0.4) is 0 Å². The third kappa shape index (κ3) is 2.91. The van der Waals surface area contributed by atoms with Crippen LogP contribution < -0.4 is 0 Å². The van der Waals surface area contributed by atoms with E-state index in [9.17, 15) is 14.9 Å². The van der Waals surface area contributed by atoms with Crippen molar-refractivity contribution in [1.29, 1.82) is 0 Å². The lowest BCUT2D eigenvalue weighted by molar-refractivity contribution is -0.384. The van der Waals surface area contributed by atoms with Gasteiger partial charge in [0.25, 0.3) is 5.69 Å². The third-order valence-electron chi connectivity index (χ3n) is 2.92. The number of nitro groups is 1. The molecule has 1 aromatic carbocycles. The van der Waals surface area contributed by atoms with Gasteiger partial charge in [0.05, 0.1) is 17.2 Å². The van der Waals surface area contributed by atoms with Crippen molar-refractivity contribution in [3.63, 3.8) is 0 Å². The molecule has 0 aliphatic heterocycles. The molecule has 7 heteroatoms. The molecule has 21 heavy (non-hydrogen) atoms. The van der Waals surface area contributed by atoms with E-state index in [0.29, 0.717) is 11.3 Å². The number of esters is 1. The highest BCUT2D eigenvalue weighted by molar-refractivity contribution is 5.88. The standard InChI is InChI=1S/C14H14N2O5/c1-4-20-14(17)12-9(3)15-13(21-12)11-7-10(16(18)19)6-5-8(11)2/h5-7H,4H2,1-3H3.